The number of alkyl halides is 3. The first-order valence-electron chi connectivity index (χ1n) is 6.00. The molecule has 114 valence electrons. The Balaban J connectivity index is 0.00000220. The summed E-state index contributed by atoms with van der Waals surface area (Å²) in [6, 6.07) is 10.4. The smallest absolute Gasteiger partial charge is 0.416 e. The van der Waals surface area contributed by atoms with Gasteiger partial charge in [0.15, 0.2) is 0 Å². The Labute approximate surface area is 127 Å². The summed E-state index contributed by atoms with van der Waals surface area (Å²) in [5.41, 5.74) is 7.29. The Kier molecular flexibility index (Phi) is 5.63. The highest BCUT2D eigenvalue weighted by Crippen LogP contribution is 2.32. The fraction of sp³-hybridized carbons (Fsp3) is 0.200. The standard InChI is InChI=1S/C15H14F3NO.ClH/c1-20-14-7-4-11(8-12(14)9-19)10-2-5-13(6-3-10)15(16,17)18;/h2-8H,9,19H2,1H3;1H. The van der Waals surface area contributed by atoms with E-state index in [1.807, 2.05) is 6.07 Å². The zero-order valence-electron chi connectivity index (χ0n) is 11.3. The SMILES string of the molecule is COc1ccc(-c2ccc(C(F)(F)F)cc2)cc1CN.Cl. The Hall–Kier alpha value is -1.72. The van der Waals surface area contributed by atoms with Gasteiger partial charge >= 0.3 is 6.18 Å². The molecule has 2 aromatic rings. The molecule has 2 N–H and O–H groups in total. The first-order valence-corrected chi connectivity index (χ1v) is 6.00. The molecule has 0 bridgehead atoms. The van der Waals surface area contributed by atoms with Gasteiger partial charge in [0.05, 0.1) is 12.7 Å². The molecule has 0 unspecified atom stereocenters. The molecule has 0 heterocycles. The van der Waals surface area contributed by atoms with Gasteiger partial charge in [-0.3, -0.25) is 0 Å². The van der Waals surface area contributed by atoms with Crippen LogP contribution < -0.4 is 10.5 Å². The zero-order valence-corrected chi connectivity index (χ0v) is 12.1. The molecular formula is C15H15ClF3NO. The third kappa shape index (κ3) is 3.89. The second kappa shape index (κ2) is 6.83. The molecule has 2 rings (SSSR count). The summed E-state index contributed by atoms with van der Waals surface area (Å²) in [5.74, 6) is 0.670. The molecule has 0 radical (unpaired) electrons. The van der Waals surface area contributed by atoms with Gasteiger partial charge in [-0.1, -0.05) is 18.2 Å². The van der Waals surface area contributed by atoms with Crippen LogP contribution in [-0.2, 0) is 12.7 Å². The lowest BCUT2D eigenvalue weighted by Gasteiger charge is -2.11. The number of methoxy groups -OCH3 is 1. The van der Waals surface area contributed by atoms with Crippen molar-refractivity contribution in [2.75, 3.05) is 7.11 Å². The number of benzene rings is 2. The van der Waals surface area contributed by atoms with E-state index in [0.29, 0.717) is 17.9 Å². The minimum absolute atomic E-state index is 0. The molecule has 0 aliphatic carbocycles. The second-order valence-corrected chi connectivity index (χ2v) is 4.31. The van der Waals surface area contributed by atoms with E-state index in [1.165, 1.54) is 12.1 Å². The highest BCUT2D eigenvalue weighted by Gasteiger charge is 2.29. The maximum atomic E-state index is 12.5. The monoisotopic (exact) mass is 317 g/mol. The molecular weight excluding hydrogens is 303 g/mol. The van der Waals surface area contributed by atoms with Gasteiger partial charge < -0.3 is 10.5 Å². The van der Waals surface area contributed by atoms with E-state index in [1.54, 1.807) is 19.2 Å². The predicted octanol–water partition coefficient (Wildman–Crippen LogP) is 4.26. The van der Waals surface area contributed by atoms with Gasteiger partial charge in [-0.2, -0.15) is 13.2 Å². The van der Waals surface area contributed by atoms with Gasteiger partial charge in [0.2, 0.25) is 0 Å². The third-order valence-corrected chi connectivity index (χ3v) is 3.05. The van der Waals surface area contributed by atoms with Crippen LogP contribution in [0.2, 0.25) is 0 Å². The summed E-state index contributed by atoms with van der Waals surface area (Å²) in [5, 5.41) is 0. The molecule has 21 heavy (non-hydrogen) atoms. The van der Waals surface area contributed by atoms with Crippen LogP contribution in [-0.4, -0.2) is 7.11 Å². The maximum absolute atomic E-state index is 12.5. The molecule has 0 aliphatic rings. The van der Waals surface area contributed by atoms with Crippen LogP contribution in [0.25, 0.3) is 11.1 Å². The largest absolute Gasteiger partial charge is 0.496 e. The second-order valence-electron chi connectivity index (χ2n) is 4.31. The van der Waals surface area contributed by atoms with E-state index in [9.17, 15) is 13.2 Å². The Morgan fingerprint density at radius 2 is 1.57 bits per heavy atom. The van der Waals surface area contributed by atoms with Crippen LogP contribution in [0.1, 0.15) is 11.1 Å². The van der Waals surface area contributed by atoms with Crippen molar-refractivity contribution in [2.24, 2.45) is 5.73 Å². The van der Waals surface area contributed by atoms with Crippen molar-refractivity contribution in [1.29, 1.82) is 0 Å². The van der Waals surface area contributed by atoms with E-state index in [-0.39, 0.29) is 12.4 Å². The molecule has 0 amide bonds. The number of halogens is 4. The average Bonchev–Trinajstić information content (AvgIpc) is 2.45. The summed E-state index contributed by atoms with van der Waals surface area (Å²) >= 11 is 0. The predicted molar refractivity (Wildman–Crippen MR) is 78.6 cm³/mol. The fourth-order valence-electron chi connectivity index (χ4n) is 1.97. The summed E-state index contributed by atoms with van der Waals surface area (Å²) in [6.45, 7) is 0.303. The van der Waals surface area contributed by atoms with Crippen molar-refractivity contribution >= 4 is 12.4 Å². The molecule has 0 saturated carbocycles. The van der Waals surface area contributed by atoms with Gasteiger partial charge in [-0.05, 0) is 35.4 Å². The van der Waals surface area contributed by atoms with Gasteiger partial charge in [0, 0.05) is 12.1 Å². The van der Waals surface area contributed by atoms with E-state index in [0.717, 1.165) is 23.3 Å². The average molecular weight is 318 g/mol. The van der Waals surface area contributed by atoms with E-state index >= 15 is 0 Å². The number of nitrogens with two attached hydrogens (primary N) is 1. The summed E-state index contributed by atoms with van der Waals surface area (Å²) < 4.78 is 42.7. The maximum Gasteiger partial charge on any atom is 0.416 e. The molecule has 0 saturated heterocycles. The zero-order chi connectivity index (χ0) is 14.8. The number of hydrogen-bond donors (Lipinski definition) is 1. The fourth-order valence-corrected chi connectivity index (χ4v) is 1.97. The van der Waals surface area contributed by atoms with Crippen molar-refractivity contribution in [3.63, 3.8) is 0 Å². The quantitative estimate of drug-likeness (QED) is 0.918. The highest BCUT2D eigenvalue weighted by atomic mass is 35.5. The van der Waals surface area contributed by atoms with Crippen LogP contribution in [0.15, 0.2) is 42.5 Å². The molecule has 2 nitrogen and oxygen atoms in total. The van der Waals surface area contributed by atoms with Crippen LogP contribution in [0, 0.1) is 0 Å². The summed E-state index contributed by atoms with van der Waals surface area (Å²) in [6.07, 6.45) is -4.32. The minimum atomic E-state index is -4.32. The Morgan fingerprint density at radius 1 is 1.00 bits per heavy atom. The number of rotatable bonds is 3. The van der Waals surface area contributed by atoms with Crippen molar-refractivity contribution in [3.05, 3.63) is 53.6 Å². The lowest BCUT2D eigenvalue weighted by atomic mass is 10.0. The lowest BCUT2D eigenvalue weighted by Crippen LogP contribution is -2.04. The Morgan fingerprint density at radius 3 is 2.05 bits per heavy atom. The molecule has 0 aromatic heterocycles. The number of hydrogen-bond acceptors (Lipinski definition) is 2. The van der Waals surface area contributed by atoms with Crippen molar-refractivity contribution in [2.45, 2.75) is 12.7 Å². The molecule has 6 heteroatoms. The lowest BCUT2D eigenvalue weighted by molar-refractivity contribution is -0.137. The van der Waals surface area contributed by atoms with E-state index < -0.39 is 11.7 Å². The van der Waals surface area contributed by atoms with Crippen LogP contribution >= 0.6 is 12.4 Å². The first kappa shape index (κ1) is 17.3. The molecule has 2 aromatic carbocycles. The first-order chi connectivity index (χ1) is 9.45. The van der Waals surface area contributed by atoms with E-state index in [2.05, 4.69) is 0 Å². The third-order valence-electron chi connectivity index (χ3n) is 3.05. The van der Waals surface area contributed by atoms with Gasteiger partial charge in [-0.25, -0.2) is 0 Å². The van der Waals surface area contributed by atoms with Crippen LogP contribution in [0.4, 0.5) is 13.2 Å². The summed E-state index contributed by atoms with van der Waals surface area (Å²) in [7, 11) is 1.55. The Bertz CT molecular complexity index is 597. The molecule has 0 fully saturated rings. The van der Waals surface area contributed by atoms with Gasteiger partial charge in [0.25, 0.3) is 0 Å². The normalized spacial score (nSPS) is 10.9. The molecule has 0 aliphatic heterocycles. The van der Waals surface area contributed by atoms with Crippen LogP contribution in [0.3, 0.4) is 0 Å². The highest BCUT2D eigenvalue weighted by molar-refractivity contribution is 5.85. The number of ether oxygens (including phenoxy) is 1. The topological polar surface area (TPSA) is 35.2 Å². The summed E-state index contributed by atoms with van der Waals surface area (Å²) in [4.78, 5) is 0. The molecule has 0 spiro atoms. The van der Waals surface area contributed by atoms with E-state index in [4.69, 9.17) is 10.5 Å². The minimum Gasteiger partial charge on any atom is -0.496 e. The van der Waals surface area contributed by atoms with Gasteiger partial charge in [-0.15, -0.1) is 12.4 Å². The van der Waals surface area contributed by atoms with Crippen molar-refractivity contribution in [3.8, 4) is 16.9 Å². The van der Waals surface area contributed by atoms with Crippen molar-refractivity contribution < 1.29 is 17.9 Å². The van der Waals surface area contributed by atoms with Crippen LogP contribution in [0.5, 0.6) is 5.75 Å². The van der Waals surface area contributed by atoms with Crippen molar-refractivity contribution in [1.82, 2.24) is 0 Å². The molecule has 0 atom stereocenters. The van der Waals surface area contributed by atoms with Gasteiger partial charge in [0.1, 0.15) is 5.75 Å².